The summed E-state index contributed by atoms with van der Waals surface area (Å²) in [6.45, 7) is 5.30. The highest BCUT2D eigenvalue weighted by atomic mass is 32.2. The lowest BCUT2D eigenvalue weighted by Gasteiger charge is -2.36. The first kappa shape index (κ1) is 20.1. The van der Waals surface area contributed by atoms with E-state index in [0.717, 1.165) is 50.6 Å². The van der Waals surface area contributed by atoms with Crippen LogP contribution in [0, 0.1) is 11.3 Å². The lowest BCUT2D eigenvalue weighted by molar-refractivity contribution is 0.224. The van der Waals surface area contributed by atoms with E-state index >= 15 is 0 Å². The number of benzene rings is 2. The zero-order chi connectivity index (χ0) is 20.0. The maximum atomic E-state index is 11.3. The molecule has 0 saturated carbocycles. The summed E-state index contributed by atoms with van der Waals surface area (Å²) < 4.78 is 28.4. The van der Waals surface area contributed by atoms with E-state index in [0.29, 0.717) is 12.2 Å². The number of nitriles is 1. The predicted molar refractivity (Wildman–Crippen MR) is 108 cm³/mol. The maximum absolute atomic E-state index is 11.3. The molecule has 0 bridgehead atoms. The van der Waals surface area contributed by atoms with Crippen molar-refractivity contribution in [3.8, 4) is 11.8 Å². The minimum atomic E-state index is -3.65. The molecule has 0 atom stereocenters. The van der Waals surface area contributed by atoms with Crippen LogP contribution in [-0.4, -0.2) is 52.6 Å². The van der Waals surface area contributed by atoms with Crippen molar-refractivity contribution in [1.29, 1.82) is 5.26 Å². The molecule has 7 nitrogen and oxygen atoms in total. The Morgan fingerprint density at radius 1 is 1.00 bits per heavy atom. The fourth-order valence-corrected chi connectivity index (χ4v) is 3.70. The topological polar surface area (TPSA) is 99.7 Å². The van der Waals surface area contributed by atoms with E-state index in [1.807, 2.05) is 12.1 Å². The van der Waals surface area contributed by atoms with Crippen LogP contribution in [0.2, 0.25) is 0 Å². The van der Waals surface area contributed by atoms with Gasteiger partial charge in [0.2, 0.25) is 10.0 Å². The average Bonchev–Trinajstić information content (AvgIpc) is 2.71. The highest BCUT2D eigenvalue weighted by Crippen LogP contribution is 2.19. The van der Waals surface area contributed by atoms with Gasteiger partial charge in [-0.25, -0.2) is 13.6 Å². The number of primary sulfonamides is 1. The second kappa shape index (κ2) is 9.06. The minimum Gasteiger partial charge on any atom is -0.494 e. The molecule has 148 valence electrons. The number of sulfonamides is 1. The Bertz CT molecular complexity index is 913. The number of ether oxygens (including phenoxy) is 1. The number of hydrogen-bond acceptors (Lipinski definition) is 6. The average molecular weight is 401 g/mol. The van der Waals surface area contributed by atoms with Crippen molar-refractivity contribution in [2.24, 2.45) is 5.14 Å². The number of nitrogens with zero attached hydrogens (tertiary/aromatic N) is 3. The number of nitrogens with two attached hydrogens (primary N) is 1. The molecule has 2 aromatic rings. The van der Waals surface area contributed by atoms with Gasteiger partial charge in [0.15, 0.2) is 0 Å². The van der Waals surface area contributed by atoms with Crippen molar-refractivity contribution in [3.63, 3.8) is 0 Å². The van der Waals surface area contributed by atoms with Gasteiger partial charge in [-0.1, -0.05) is 0 Å². The molecule has 0 radical (unpaired) electrons. The summed E-state index contributed by atoms with van der Waals surface area (Å²) in [6, 6.07) is 16.0. The molecule has 0 aromatic heterocycles. The van der Waals surface area contributed by atoms with Crippen molar-refractivity contribution in [3.05, 3.63) is 54.1 Å². The molecule has 1 aliphatic heterocycles. The number of piperazine rings is 1. The summed E-state index contributed by atoms with van der Waals surface area (Å²) in [6.07, 6.45) is 0.934. The van der Waals surface area contributed by atoms with Gasteiger partial charge in [0.05, 0.1) is 23.1 Å². The van der Waals surface area contributed by atoms with E-state index in [-0.39, 0.29) is 4.90 Å². The molecule has 2 N–H and O–H groups in total. The third-order valence-corrected chi connectivity index (χ3v) is 5.70. The maximum Gasteiger partial charge on any atom is 0.238 e. The van der Waals surface area contributed by atoms with Crippen molar-refractivity contribution in [1.82, 2.24) is 4.90 Å². The second-order valence-electron chi connectivity index (χ2n) is 6.71. The van der Waals surface area contributed by atoms with Crippen LogP contribution in [-0.2, 0) is 10.0 Å². The lowest BCUT2D eigenvalue weighted by Crippen LogP contribution is -2.46. The van der Waals surface area contributed by atoms with Gasteiger partial charge >= 0.3 is 0 Å². The van der Waals surface area contributed by atoms with E-state index in [4.69, 9.17) is 15.1 Å². The second-order valence-corrected chi connectivity index (χ2v) is 8.27. The van der Waals surface area contributed by atoms with Crippen molar-refractivity contribution in [2.45, 2.75) is 11.3 Å². The van der Waals surface area contributed by atoms with E-state index in [1.165, 1.54) is 0 Å². The summed E-state index contributed by atoms with van der Waals surface area (Å²) in [5.41, 5.74) is 1.64. The normalized spacial score (nSPS) is 15.2. The molecule has 0 aliphatic carbocycles. The van der Waals surface area contributed by atoms with Crippen LogP contribution in [0.4, 0.5) is 5.69 Å². The highest BCUT2D eigenvalue weighted by Gasteiger charge is 2.17. The summed E-state index contributed by atoms with van der Waals surface area (Å²) in [4.78, 5) is 4.78. The summed E-state index contributed by atoms with van der Waals surface area (Å²) >= 11 is 0. The van der Waals surface area contributed by atoms with Crippen LogP contribution >= 0.6 is 0 Å². The van der Waals surface area contributed by atoms with Crippen LogP contribution in [0.5, 0.6) is 5.75 Å². The molecule has 0 amide bonds. The molecular formula is C20H24N4O3S. The van der Waals surface area contributed by atoms with E-state index < -0.39 is 10.0 Å². The van der Waals surface area contributed by atoms with Gasteiger partial charge < -0.3 is 9.64 Å². The Morgan fingerprint density at radius 2 is 1.64 bits per heavy atom. The Balaban J connectivity index is 1.38. The molecule has 28 heavy (non-hydrogen) atoms. The lowest BCUT2D eigenvalue weighted by atomic mass is 10.2. The number of hydrogen-bond donors (Lipinski definition) is 1. The monoisotopic (exact) mass is 400 g/mol. The first-order chi connectivity index (χ1) is 13.5. The van der Waals surface area contributed by atoms with Crippen LogP contribution in [0.15, 0.2) is 53.4 Å². The molecule has 1 saturated heterocycles. The fourth-order valence-electron chi connectivity index (χ4n) is 3.18. The van der Waals surface area contributed by atoms with Crippen molar-refractivity contribution < 1.29 is 13.2 Å². The number of anilines is 1. The smallest absolute Gasteiger partial charge is 0.238 e. The number of rotatable bonds is 7. The standard InChI is InChI=1S/C20H24N4O3S/c21-16-17-2-6-19(7-3-17)27-15-1-10-23-11-13-24(14-12-23)18-4-8-20(9-5-18)28(22,25)26/h2-9H,1,10-15H2,(H2,22,25,26). The first-order valence-electron chi connectivity index (χ1n) is 9.19. The Labute approximate surface area is 166 Å². The van der Waals surface area contributed by atoms with Gasteiger partial charge in [0, 0.05) is 38.4 Å². The molecule has 1 aliphatic rings. The summed E-state index contributed by atoms with van der Waals surface area (Å²) in [5.74, 6) is 0.784. The van der Waals surface area contributed by atoms with E-state index in [1.54, 1.807) is 36.4 Å². The Morgan fingerprint density at radius 3 is 2.21 bits per heavy atom. The minimum absolute atomic E-state index is 0.136. The van der Waals surface area contributed by atoms with Crippen LogP contribution in [0.25, 0.3) is 0 Å². The van der Waals surface area contributed by atoms with Gasteiger partial charge in [-0.2, -0.15) is 5.26 Å². The summed E-state index contributed by atoms with van der Waals surface area (Å²) in [5, 5.41) is 13.9. The summed E-state index contributed by atoms with van der Waals surface area (Å²) in [7, 11) is -3.65. The third kappa shape index (κ3) is 5.45. The SMILES string of the molecule is N#Cc1ccc(OCCCN2CCN(c3ccc(S(N)(=O)=O)cc3)CC2)cc1. The molecule has 0 spiro atoms. The van der Waals surface area contributed by atoms with Gasteiger partial charge in [0.25, 0.3) is 0 Å². The van der Waals surface area contributed by atoms with E-state index in [2.05, 4.69) is 15.9 Å². The first-order valence-corrected chi connectivity index (χ1v) is 10.7. The third-order valence-electron chi connectivity index (χ3n) is 4.77. The van der Waals surface area contributed by atoms with Gasteiger partial charge in [-0.15, -0.1) is 0 Å². The van der Waals surface area contributed by atoms with Gasteiger partial charge in [0.1, 0.15) is 5.75 Å². The van der Waals surface area contributed by atoms with Crippen LogP contribution < -0.4 is 14.8 Å². The Hall–Kier alpha value is -2.60. The molecule has 0 unspecified atom stereocenters. The molecule has 2 aromatic carbocycles. The van der Waals surface area contributed by atoms with Crippen molar-refractivity contribution >= 4 is 15.7 Å². The molecular weight excluding hydrogens is 376 g/mol. The fraction of sp³-hybridized carbons (Fsp3) is 0.350. The zero-order valence-electron chi connectivity index (χ0n) is 15.6. The van der Waals surface area contributed by atoms with Gasteiger partial charge in [-0.3, -0.25) is 4.90 Å². The quantitative estimate of drug-likeness (QED) is 0.712. The van der Waals surface area contributed by atoms with Crippen LogP contribution in [0.1, 0.15) is 12.0 Å². The van der Waals surface area contributed by atoms with Gasteiger partial charge in [-0.05, 0) is 55.0 Å². The van der Waals surface area contributed by atoms with Crippen molar-refractivity contribution in [2.75, 3.05) is 44.2 Å². The molecule has 8 heteroatoms. The molecule has 1 heterocycles. The Kier molecular flexibility index (Phi) is 6.52. The van der Waals surface area contributed by atoms with Crippen LogP contribution in [0.3, 0.4) is 0 Å². The zero-order valence-corrected chi connectivity index (χ0v) is 16.4. The largest absolute Gasteiger partial charge is 0.494 e. The predicted octanol–water partition coefficient (Wildman–Crippen LogP) is 1.80. The molecule has 3 rings (SSSR count). The highest BCUT2D eigenvalue weighted by molar-refractivity contribution is 7.89. The molecule has 1 fully saturated rings. The van der Waals surface area contributed by atoms with E-state index in [9.17, 15) is 8.42 Å².